The Balaban J connectivity index is 2.64. The molecule has 1 atom stereocenters. The van der Waals surface area contributed by atoms with Crippen molar-refractivity contribution in [1.29, 1.82) is 0 Å². The zero-order chi connectivity index (χ0) is 13.6. The molecule has 0 saturated carbocycles. The van der Waals surface area contributed by atoms with Gasteiger partial charge in [0.25, 0.3) is 0 Å². The second-order valence-electron chi connectivity index (χ2n) is 3.98. The van der Waals surface area contributed by atoms with Gasteiger partial charge < -0.3 is 10.1 Å². The monoisotopic (exact) mass is 289 g/mol. The van der Waals surface area contributed by atoms with Gasteiger partial charge in [0.2, 0.25) is 0 Å². The van der Waals surface area contributed by atoms with Crippen LogP contribution in [0.1, 0.15) is 26.6 Å². The first-order valence-corrected chi connectivity index (χ1v) is 7.63. The molecule has 5 nitrogen and oxygen atoms in total. The minimum Gasteiger partial charge on any atom is -0.465 e. The Bertz CT molecular complexity index is 397. The largest absolute Gasteiger partial charge is 0.465 e. The van der Waals surface area contributed by atoms with Crippen molar-refractivity contribution >= 4 is 29.3 Å². The van der Waals surface area contributed by atoms with Crippen molar-refractivity contribution in [1.82, 2.24) is 14.7 Å². The summed E-state index contributed by atoms with van der Waals surface area (Å²) in [5, 5.41) is 3.18. The minimum atomic E-state index is -0.686. The second-order valence-corrected chi connectivity index (χ2v) is 5.95. The highest BCUT2D eigenvalue weighted by Gasteiger charge is 2.34. The minimum absolute atomic E-state index is 0.222. The number of carbonyl (C=O) groups is 1. The predicted octanol–water partition coefficient (Wildman–Crippen LogP) is 1.87. The second kappa shape index (κ2) is 7.06. The van der Waals surface area contributed by atoms with Crippen molar-refractivity contribution in [2.75, 3.05) is 18.9 Å². The fourth-order valence-electron chi connectivity index (χ4n) is 1.41. The first-order valence-electron chi connectivity index (χ1n) is 5.87. The smallest absolute Gasteiger partial charge is 0.326 e. The van der Waals surface area contributed by atoms with Gasteiger partial charge in [0.15, 0.2) is 4.34 Å². The summed E-state index contributed by atoms with van der Waals surface area (Å²) in [5.74, 6) is 1.12. The van der Waals surface area contributed by atoms with Crippen molar-refractivity contribution in [3.8, 4) is 0 Å². The van der Waals surface area contributed by atoms with Crippen molar-refractivity contribution < 1.29 is 9.53 Å². The number of rotatable bonds is 7. The SMILES string of the molecule is CCNC(C)(CSc1nc(C)ns1)C(=O)OCC. The van der Waals surface area contributed by atoms with Crippen LogP contribution in [0.15, 0.2) is 4.34 Å². The van der Waals surface area contributed by atoms with E-state index >= 15 is 0 Å². The summed E-state index contributed by atoms with van der Waals surface area (Å²) in [6.07, 6.45) is 0. The molecule has 1 aromatic heterocycles. The molecule has 1 rings (SSSR count). The Morgan fingerprint density at radius 1 is 1.56 bits per heavy atom. The Hall–Kier alpha value is -0.660. The van der Waals surface area contributed by atoms with Gasteiger partial charge >= 0.3 is 5.97 Å². The molecule has 0 saturated heterocycles. The molecule has 0 radical (unpaired) electrons. The molecular formula is C11H19N3O2S2. The van der Waals surface area contributed by atoms with Crippen molar-refractivity contribution in [2.45, 2.75) is 37.6 Å². The molecule has 0 spiro atoms. The topological polar surface area (TPSA) is 64.1 Å². The highest BCUT2D eigenvalue weighted by molar-refractivity contribution is 8.01. The fraction of sp³-hybridized carbons (Fsp3) is 0.727. The first kappa shape index (κ1) is 15.4. The number of thioether (sulfide) groups is 1. The number of ether oxygens (including phenoxy) is 1. The van der Waals surface area contributed by atoms with Crippen LogP contribution in [0.5, 0.6) is 0 Å². The quantitative estimate of drug-likeness (QED) is 0.611. The lowest BCUT2D eigenvalue weighted by molar-refractivity contribution is -0.149. The van der Waals surface area contributed by atoms with Crippen LogP contribution in [-0.2, 0) is 9.53 Å². The molecule has 102 valence electrons. The molecule has 0 bridgehead atoms. The molecule has 0 aliphatic rings. The van der Waals surface area contributed by atoms with E-state index in [9.17, 15) is 4.79 Å². The number of hydrogen-bond donors (Lipinski definition) is 1. The molecule has 0 aromatic carbocycles. The van der Waals surface area contributed by atoms with Crippen molar-refractivity contribution in [2.24, 2.45) is 0 Å². The summed E-state index contributed by atoms with van der Waals surface area (Å²) in [5.41, 5.74) is -0.686. The van der Waals surface area contributed by atoms with Gasteiger partial charge in [-0.1, -0.05) is 18.7 Å². The molecule has 1 heterocycles. The standard InChI is InChI=1S/C11H19N3O2S2/c1-5-12-11(4,9(15)16-6-2)7-17-10-13-8(3)14-18-10/h12H,5-7H2,1-4H3. The highest BCUT2D eigenvalue weighted by Crippen LogP contribution is 2.25. The average Bonchev–Trinajstić information content (AvgIpc) is 2.73. The van der Waals surface area contributed by atoms with Crippen LogP contribution >= 0.6 is 23.3 Å². The lowest BCUT2D eigenvalue weighted by atomic mass is 10.1. The zero-order valence-corrected chi connectivity index (χ0v) is 12.8. The first-order chi connectivity index (χ1) is 8.51. The van der Waals surface area contributed by atoms with Gasteiger partial charge in [-0.25, -0.2) is 4.98 Å². The fourth-order valence-corrected chi connectivity index (χ4v) is 3.16. The summed E-state index contributed by atoms with van der Waals surface area (Å²) < 4.78 is 10.1. The third-order valence-electron chi connectivity index (χ3n) is 2.29. The summed E-state index contributed by atoms with van der Waals surface area (Å²) in [7, 11) is 0. The maximum atomic E-state index is 12.0. The van der Waals surface area contributed by atoms with E-state index in [1.165, 1.54) is 23.3 Å². The summed E-state index contributed by atoms with van der Waals surface area (Å²) in [6.45, 7) is 8.60. The van der Waals surface area contributed by atoms with Gasteiger partial charge in [-0.15, -0.1) is 0 Å². The van der Waals surface area contributed by atoms with E-state index in [-0.39, 0.29) is 5.97 Å². The molecule has 0 aliphatic heterocycles. The third-order valence-corrected chi connectivity index (χ3v) is 4.53. The number of nitrogens with one attached hydrogen (secondary N) is 1. The van der Waals surface area contributed by atoms with E-state index in [1.807, 2.05) is 27.7 Å². The predicted molar refractivity (Wildman–Crippen MR) is 74.1 cm³/mol. The van der Waals surface area contributed by atoms with E-state index in [1.54, 1.807) is 0 Å². The molecule has 1 N–H and O–H groups in total. The summed E-state index contributed by atoms with van der Waals surface area (Å²) in [6, 6.07) is 0. The number of aryl methyl sites for hydroxylation is 1. The Kier molecular flexibility index (Phi) is 6.04. The Morgan fingerprint density at radius 2 is 2.28 bits per heavy atom. The normalized spacial score (nSPS) is 14.2. The molecule has 0 aliphatic carbocycles. The van der Waals surface area contributed by atoms with Gasteiger partial charge in [-0.05, 0) is 38.8 Å². The number of esters is 1. The van der Waals surface area contributed by atoms with Gasteiger partial charge in [0.1, 0.15) is 11.4 Å². The number of nitrogens with zero attached hydrogens (tertiary/aromatic N) is 2. The summed E-state index contributed by atoms with van der Waals surface area (Å²) in [4.78, 5) is 16.2. The van der Waals surface area contributed by atoms with Crippen LogP contribution < -0.4 is 5.32 Å². The van der Waals surface area contributed by atoms with Gasteiger partial charge in [0.05, 0.1) is 6.61 Å². The highest BCUT2D eigenvalue weighted by atomic mass is 32.2. The van der Waals surface area contributed by atoms with E-state index < -0.39 is 5.54 Å². The van der Waals surface area contributed by atoms with E-state index in [4.69, 9.17) is 4.74 Å². The summed E-state index contributed by atoms with van der Waals surface area (Å²) >= 11 is 2.88. The molecular weight excluding hydrogens is 270 g/mol. The number of carbonyl (C=O) groups excluding carboxylic acids is 1. The molecule has 1 unspecified atom stereocenters. The lowest BCUT2D eigenvalue weighted by Gasteiger charge is -2.27. The van der Waals surface area contributed by atoms with Crippen LogP contribution in [0.3, 0.4) is 0 Å². The van der Waals surface area contributed by atoms with Crippen LogP contribution in [0, 0.1) is 6.92 Å². The maximum absolute atomic E-state index is 12.0. The van der Waals surface area contributed by atoms with Gasteiger partial charge in [-0.3, -0.25) is 4.79 Å². The molecule has 1 aromatic rings. The van der Waals surface area contributed by atoms with Crippen LogP contribution in [-0.4, -0.2) is 39.8 Å². The number of likely N-dealkylation sites (N-methyl/N-ethyl adjacent to an activating group) is 1. The maximum Gasteiger partial charge on any atom is 0.326 e. The van der Waals surface area contributed by atoms with Crippen LogP contribution in [0.4, 0.5) is 0 Å². The van der Waals surface area contributed by atoms with Crippen LogP contribution in [0.2, 0.25) is 0 Å². The van der Waals surface area contributed by atoms with Crippen molar-refractivity contribution in [3.63, 3.8) is 0 Å². The number of aromatic nitrogens is 2. The van der Waals surface area contributed by atoms with Gasteiger partial charge in [0, 0.05) is 5.75 Å². The third kappa shape index (κ3) is 4.22. The molecule has 0 fully saturated rings. The molecule has 7 heteroatoms. The Morgan fingerprint density at radius 3 is 2.78 bits per heavy atom. The van der Waals surface area contributed by atoms with E-state index in [2.05, 4.69) is 14.7 Å². The lowest BCUT2D eigenvalue weighted by Crippen LogP contribution is -2.52. The molecule has 18 heavy (non-hydrogen) atoms. The molecule has 0 amide bonds. The van der Waals surface area contributed by atoms with Crippen molar-refractivity contribution in [3.05, 3.63) is 5.82 Å². The van der Waals surface area contributed by atoms with Crippen LogP contribution in [0.25, 0.3) is 0 Å². The average molecular weight is 289 g/mol. The Labute approximate surface area is 116 Å². The van der Waals surface area contributed by atoms with E-state index in [0.717, 1.165) is 10.2 Å². The van der Waals surface area contributed by atoms with Gasteiger partial charge in [-0.2, -0.15) is 4.37 Å². The van der Waals surface area contributed by atoms with E-state index in [0.29, 0.717) is 18.9 Å². The zero-order valence-electron chi connectivity index (χ0n) is 11.1. The number of hydrogen-bond acceptors (Lipinski definition) is 7.